The van der Waals surface area contributed by atoms with Crippen molar-refractivity contribution in [1.29, 1.82) is 0 Å². The Kier molecular flexibility index (Phi) is 6.99. The predicted molar refractivity (Wildman–Crippen MR) is 123 cm³/mol. The molecule has 170 valence electrons. The van der Waals surface area contributed by atoms with Gasteiger partial charge in [0.15, 0.2) is 12.2 Å². The van der Waals surface area contributed by atoms with Crippen LogP contribution in [-0.4, -0.2) is 55.0 Å². The highest BCUT2D eigenvalue weighted by Gasteiger charge is 2.51. The molecule has 0 spiro atoms. The van der Waals surface area contributed by atoms with Crippen molar-refractivity contribution in [2.24, 2.45) is 0 Å². The maximum atomic E-state index is 12.7. The highest BCUT2D eigenvalue weighted by Crippen LogP contribution is 2.26. The number of amides is 3. The van der Waals surface area contributed by atoms with Gasteiger partial charge >= 0.3 is 0 Å². The van der Waals surface area contributed by atoms with E-state index in [2.05, 4.69) is 31.4 Å². The van der Waals surface area contributed by atoms with Gasteiger partial charge in [-0.3, -0.25) is 14.4 Å². The number of epoxide rings is 1. The van der Waals surface area contributed by atoms with Crippen molar-refractivity contribution in [3.63, 3.8) is 0 Å². The standard InChI is InChI=1S/C25H31N3O4/c1-25(2,3)17-11-13-18(14-12-17)26-22(29)20-21(32-20)23(30)27-19(24(31)28(4)5)15-16-9-7-6-8-10-16/h6-14,19-21H,15H2,1-5H3,(H,26,29)(H,27,30)/t19-,20?,21?/m0/s1. The average molecular weight is 438 g/mol. The number of likely N-dealkylation sites (N-methyl/N-ethyl adjacent to an activating group) is 1. The highest BCUT2D eigenvalue weighted by atomic mass is 16.6. The fourth-order valence-corrected chi connectivity index (χ4v) is 3.39. The molecule has 2 aromatic carbocycles. The maximum absolute atomic E-state index is 12.7. The number of rotatable bonds is 7. The Morgan fingerprint density at radius 3 is 2.09 bits per heavy atom. The number of hydrogen-bond acceptors (Lipinski definition) is 4. The molecule has 1 aliphatic rings. The SMILES string of the molecule is CN(C)C(=O)[C@H](Cc1ccccc1)NC(=O)C1OC1C(=O)Nc1ccc(C(C)(C)C)cc1. The highest BCUT2D eigenvalue weighted by molar-refractivity contribution is 6.02. The largest absolute Gasteiger partial charge is 0.349 e. The Morgan fingerprint density at radius 2 is 1.53 bits per heavy atom. The molecule has 0 aromatic heterocycles. The molecule has 0 saturated carbocycles. The van der Waals surface area contributed by atoms with Gasteiger partial charge in [0.1, 0.15) is 6.04 Å². The first-order chi connectivity index (χ1) is 15.1. The van der Waals surface area contributed by atoms with Gasteiger partial charge in [-0.2, -0.15) is 0 Å². The van der Waals surface area contributed by atoms with E-state index in [4.69, 9.17) is 4.74 Å². The number of carbonyl (C=O) groups is 3. The van der Waals surface area contributed by atoms with Crippen molar-refractivity contribution in [2.45, 2.75) is 50.9 Å². The van der Waals surface area contributed by atoms with E-state index in [1.165, 1.54) is 4.90 Å². The monoisotopic (exact) mass is 437 g/mol. The minimum absolute atomic E-state index is 0.0195. The maximum Gasteiger partial charge on any atom is 0.256 e. The molecule has 3 rings (SSSR count). The fourth-order valence-electron chi connectivity index (χ4n) is 3.39. The number of hydrogen-bond donors (Lipinski definition) is 2. The van der Waals surface area contributed by atoms with E-state index in [9.17, 15) is 14.4 Å². The molecule has 2 unspecified atom stereocenters. The quantitative estimate of drug-likeness (QED) is 0.651. The minimum atomic E-state index is -0.905. The van der Waals surface area contributed by atoms with Crippen LogP contribution < -0.4 is 10.6 Å². The second-order valence-electron chi connectivity index (χ2n) is 9.28. The molecule has 0 radical (unpaired) electrons. The predicted octanol–water partition coefficient (Wildman–Crippen LogP) is 2.51. The molecule has 2 aromatic rings. The van der Waals surface area contributed by atoms with Crippen LogP contribution >= 0.6 is 0 Å². The van der Waals surface area contributed by atoms with E-state index >= 15 is 0 Å². The van der Waals surface area contributed by atoms with Crippen LogP contribution in [0.5, 0.6) is 0 Å². The van der Waals surface area contributed by atoms with Crippen molar-refractivity contribution >= 4 is 23.4 Å². The second kappa shape index (κ2) is 9.53. The van der Waals surface area contributed by atoms with Crippen LogP contribution in [0.1, 0.15) is 31.9 Å². The molecule has 0 aliphatic carbocycles. The molecule has 3 amide bonds. The second-order valence-corrected chi connectivity index (χ2v) is 9.28. The van der Waals surface area contributed by atoms with E-state index in [-0.39, 0.29) is 17.2 Å². The summed E-state index contributed by atoms with van der Waals surface area (Å²) in [5, 5.41) is 5.53. The average Bonchev–Trinajstić information content (AvgIpc) is 3.54. The third-order valence-corrected chi connectivity index (χ3v) is 5.36. The Bertz CT molecular complexity index is 965. The molecule has 1 saturated heterocycles. The zero-order valence-corrected chi connectivity index (χ0v) is 19.2. The van der Waals surface area contributed by atoms with Gasteiger partial charge in [0, 0.05) is 26.2 Å². The molecular weight excluding hydrogens is 406 g/mol. The van der Waals surface area contributed by atoms with E-state index in [0.29, 0.717) is 12.1 Å². The molecule has 2 N–H and O–H groups in total. The van der Waals surface area contributed by atoms with Gasteiger partial charge in [0.2, 0.25) is 5.91 Å². The Labute approximate surface area is 189 Å². The van der Waals surface area contributed by atoms with Crippen LogP contribution in [0.15, 0.2) is 54.6 Å². The Hall–Kier alpha value is -3.19. The lowest BCUT2D eigenvalue weighted by atomic mass is 9.87. The first-order valence-electron chi connectivity index (χ1n) is 10.7. The van der Waals surface area contributed by atoms with Crippen molar-refractivity contribution in [3.05, 3.63) is 65.7 Å². The van der Waals surface area contributed by atoms with Crippen molar-refractivity contribution in [1.82, 2.24) is 10.2 Å². The smallest absolute Gasteiger partial charge is 0.256 e. The van der Waals surface area contributed by atoms with Crippen LogP contribution in [0.4, 0.5) is 5.69 Å². The third kappa shape index (κ3) is 5.95. The molecule has 0 bridgehead atoms. The van der Waals surface area contributed by atoms with Gasteiger partial charge in [0.05, 0.1) is 0 Å². The number of nitrogens with zero attached hydrogens (tertiary/aromatic N) is 1. The van der Waals surface area contributed by atoms with Gasteiger partial charge in [-0.1, -0.05) is 63.2 Å². The van der Waals surface area contributed by atoms with Crippen LogP contribution in [-0.2, 0) is 31.0 Å². The lowest BCUT2D eigenvalue weighted by molar-refractivity contribution is -0.134. The summed E-state index contributed by atoms with van der Waals surface area (Å²) in [5.41, 5.74) is 2.75. The summed E-state index contributed by atoms with van der Waals surface area (Å²) in [6.45, 7) is 6.36. The van der Waals surface area contributed by atoms with Crippen molar-refractivity contribution in [3.8, 4) is 0 Å². The van der Waals surface area contributed by atoms with Gasteiger partial charge in [-0.05, 0) is 28.7 Å². The van der Waals surface area contributed by atoms with Gasteiger partial charge < -0.3 is 20.3 Å². The zero-order valence-electron chi connectivity index (χ0n) is 19.2. The topological polar surface area (TPSA) is 91.0 Å². The lowest BCUT2D eigenvalue weighted by Gasteiger charge is -2.21. The number of benzene rings is 2. The van der Waals surface area contributed by atoms with Gasteiger partial charge in [-0.25, -0.2) is 0 Å². The Morgan fingerprint density at radius 1 is 0.938 bits per heavy atom. The number of ether oxygens (including phenoxy) is 1. The summed E-state index contributed by atoms with van der Waals surface area (Å²) < 4.78 is 5.33. The van der Waals surface area contributed by atoms with Crippen LogP contribution in [0.2, 0.25) is 0 Å². The number of nitrogens with one attached hydrogen (secondary N) is 2. The molecule has 32 heavy (non-hydrogen) atoms. The fraction of sp³-hybridized carbons (Fsp3) is 0.400. The Balaban J connectivity index is 1.58. The summed E-state index contributed by atoms with van der Waals surface area (Å²) in [4.78, 5) is 39.2. The summed E-state index contributed by atoms with van der Waals surface area (Å²) in [7, 11) is 3.28. The van der Waals surface area contributed by atoms with Crippen molar-refractivity contribution < 1.29 is 19.1 Å². The molecule has 1 heterocycles. The zero-order chi connectivity index (χ0) is 23.5. The molecule has 7 nitrogen and oxygen atoms in total. The summed E-state index contributed by atoms with van der Waals surface area (Å²) >= 11 is 0. The van der Waals surface area contributed by atoms with Crippen LogP contribution in [0.25, 0.3) is 0 Å². The van der Waals surface area contributed by atoms with Crippen LogP contribution in [0.3, 0.4) is 0 Å². The van der Waals surface area contributed by atoms with Gasteiger partial charge in [-0.15, -0.1) is 0 Å². The summed E-state index contributed by atoms with van der Waals surface area (Å²) in [6, 6.07) is 16.3. The lowest BCUT2D eigenvalue weighted by Crippen LogP contribution is -2.49. The molecule has 3 atom stereocenters. The molecular formula is C25H31N3O4. The van der Waals surface area contributed by atoms with Crippen molar-refractivity contribution in [2.75, 3.05) is 19.4 Å². The normalized spacial score (nSPS) is 18.4. The summed E-state index contributed by atoms with van der Waals surface area (Å²) in [5.74, 6) is -1.07. The number of anilines is 1. The van der Waals surface area contributed by atoms with Gasteiger partial charge in [0.25, 0.3) is 11.8 Å². The van der Waals surface area contributed by atoms with E-state index in [1.54, 1.807) is 14.1 Å². The first kappa shape index (κ1) is 23.5. The van der Waals surface area contributed by atoms with E-state index < -0.39 is 24.2 Å². The van der Waals surface area contributed by atoms with E-state index in [1.807, 2.05) is 54.6 Å². The molecule has 1 fully saturated rings. The van der Waals surface area contributed by atoms with Crippen LogP contribution in [0, 0.1) is 0 Å². The summed E-state index contributed by atoms with van der Waals surface area (Å²) in [6.07, 6.45) is -1.42. The molecule has 7 heteroatoms. The molecule has 1 aliphatic heterocycles. The number of carbonyl (C=O) groups excluding carboxylic acids is 3. The first-order valence-corrected chi connectivity index (χ1v) is 10.7. The third-order valence-electron chi connectivity index (χ3n) is 5.36. The van der Waals surface area contributed by atoms with E-state index in [0.717, 1.165) is 11.1 Å². The minimum Gasteiger partial charge on any atom is -0.349 e.